The van der Waals surface area contributed by atoms with Crippen LogP contribution in [0.4, 0.5) is 0 Å². The molecule has 0 bridgehead atoms. The predicted molar refractivity (Wildman–Crippen MR) is 56.4 cm³/mol. The Morgan fingerprint density at radius 2 is 2.50 bits per heavy atom. The van der Waals surface area contributed by atoms with Gasteiger partial charge in [0.1, 0.15) is 0 Å². The molecule has 12 heavy (non-hydrogen) atoms. The fraction of sp³-hybridized carbons (Fsp3) is 0.800. The molecule has 0 saturated carbocycles. The monoisotopic (exact) mass is 183 g/mol. The van der Waals surface area contributed by atoms with Gasteiger partial charge in [-0.3, -0.25) is 0 Å². The molecule has 1 rings (SSSR count). The van der Waals surface area contributed by atoms with Crippen LogP contribution >= 0.6 is 11.8 Å². The van der Waals surface area contributed by atoms with E-state index in [-0.39, 0.29) is 0 Å². The van der Waals surface area contributed by atoms with Crippen LogP contribution in [0.5, 0.6) is 0 Å². The third-order valence-corrected chi connectivity index (χ3v) is 3.50. The lowest BCUT2D eigenvalue weighted by Crippen LogP contribution is -2.36. The number of hydrogen-bond acceptors (Lipinski definition) is 2. The van der Waals surface area contributed by atoms with Crippen molar-refractivity contribution < 1.29 is 0 Å². The molecular formula is C10H17NS. The largest absolute Gasteiger partial charge is 0.310 e. The van der Waals surface area contributed by atoms with Gasteiger partial charge in [-0.1, -0.05) is 6.92 Å². The second-order valence-electron chi connectivity index (χ2n) is 3.55. The Morgan fingerprint density at radius 3 is 3.00 bits per heavy atom. The van der Waals surface area contributed by atoms with Crippen LogP contribution < -0.4 is 5.32 Å². The van der Waals surface area contributed by atoms with Crippen LogP contribution in [0.25, 0.3) is 0 Å². The maximum absolute atomic E-state index is 5.24. The highest BCUT2D eigenvalue weighted by molar-refractivity contribution is 8.00. The van der Waals surface area contributed by atoms with E-state index < -0.39 is 0 Å². The van der Waals surface area contributed by atoms with Crippen LogP contribution in [0.15, 0.2) is 0 Å². The third kappa shape index (κ3) is 3.08. The van der Waals surface area contributed by atoms with Crippen molar-refractivity contribution in [1.82, 2.24) is 5.32 Å². The van der Waals surface area contributed by atoms with Crippen LogP contribution in [0, 0.1) is 12.3 Å². The van der Waals surface area contributed by atoms with Crippen LogP contribution in [0.3, 0.4) is 0 Å². The molecule has 1 fully saturated rings. The van der Waals surface area contributed by atoms with Gasteiger partial charge in [-0.15, -0.1) is 12.3 Å². The van der Waals surface area contributed by atoms with Gasteiger partial charge in [0.2, 0.25) is 0 Å². The summed E-state index contributed by atoms with van der Waals surface area (Å²) in [6, 6.07) is 1.17. The molecule has 1 saturated heterocycles. The van der Waals surface area contributed by atoms with Crippen molar-refractivity contribution in [3.05, 3.63) is 0 Å². The third-order valence-electron chi connectivity index (χ3n) is 2.14. The zero-order valence-electron chi connectivity index (χ0n) is 7.84. The molecule has 0 aliphatic carbocycles. The molecule has 1 N–H and O–H groups in total. The van der Waals surface area contributed by atoms with Gasteiger partial charge in [0.25, 0.3) is 0 Å². The molecule has 0 amide bonds. The zero-order valence-corrected chi connectivity index (χ0v) is 8.66. The van der Waals surface area contributed by atoms with Gasteiger partial charge in [-0.05, 0) is 13.3 Å². The summed E-state index contributed by atoms with van der Waals surface area (Å²) >= 11 is 2.05. The van der Waals surface area contributed by atoms with Crippen LogP contribution in [0.1, 0.15) is 26.7 Å². The second kappa shape index (κ2) is 4.79. The van der Waals surface area contributed by atoms with Gasteiger partial charge in [-0.2, -0.15) is 11.8 Å². The molecular weight excluding hydrogens is 166 g/mol. The van der Waals surface area contributed by atoms with E-state index in [1.54, 1.807) is 0 Å². The number of hydrogen-bond donors (Lipinski definition) is 1. The molecule has 1 heterocycles. The highest BCUT2D eigenvalue weighted by Gasteiger charge is 2.22. The van der Waals surface area contributed by atoms with E-state index in [1.165, 1.54) is 12.2 Å². The maximum atomic E-state index is 5.24. The average Bonchev–Trinajstić information content (AvgIpc) is 2.36. The van der Waals surface area contributed by atoms with Crippen LogP contribution in [0.2, 0.25) is 0 Å². The lowest BCUT2D eigenvalue weighted by molar-refractivity contribution is 0.468. The summed E-state index contributed by atoms with van der Waals surface area (Å²) in [4.78, 5) is 0. The SMILES string of the molecule is C#CCC(C)NC1CSC(C)C1. The zero-order chi connectivity index (χ0) is 8.97. The summed E-state index contributed by atoms with van der Waals surface area (Å²) in [6.45, 7) is 4.45. The molecule has 0 aromatic rings. The Morgan fingerprint density at radius 1 is 1.75 bits per heavy atom. The minimum atomic E-state index is 0.478. The Hall–Kier alpha value is -0.130. The van der Waals surface area contributed by atoms with Crippen LogP contribution in [-0.2, 0) is 0 Å². The Labute approximate surface area is 79.7 Å². The molecule has 1 nitrogen and oxygen atoms in total. The van der Waals surface area contributed by atoms with E-state index in [1.807, 2.05) is 0 Å². The van der Waals surface area contributed by atoms with E-state index in [2.05, 4.69) is 36.8 Å². The standard InChI is InChI=1S/C10H17NS/c1-4-5-8(2)11-10-6-9(3)12-7-10/h1,8-11H,5-7H2,2-3H3. The minimum Gasteiger partial charge on any atom is -0.310 e. The number of terminal acetylenes is 1. The number of thioether (sulfide) groups is 1. The quantitative estimate of drug-likeness (QED) is 0.671. The van der Waals surface area contributed by atoms with Gasteiger partial charge >= 0.3 is 0 Å². The minimum absolute atomic E-state index is 0.478. The Kier molecular flexibility index (Phi) is 3.97. The van der Waals surface area contributed by atoms with Gasteiger partial charge in [-0.25, -0.2) is 0 Å². The molecule has 3 atom stereocenters. The summed E-state index contributed by atoms with van der Waals surface area (Å²) in [5.74, 6) is 3.93. The Bertz CT molecular complexity index is 173. The Balaban J connectivity index is 2.19. The van der Waals surface area contributed by atoms with Crippen molar-refractivity contribution in [3.8, 4) is 12.3 Å². The first-order valence-electron chi connectivity index (χ1n) is 4.53. The van der Waals surface area contributed by atoms with Gasteiger partial charge in [0, 0.05) is 29.5 Å². The molecule has 2 heteroatoms. The lowest BCUT2D eigenvalue weighted by atomic mass is 10.1. The predicted octanol–water partition coefficient (Wildman–Crippen LogP) is 1.88. The van der Waals surface area contributed by atoms with E-state index in [0.29, 0.717) is 12.1 Å². The summed E-state index contributed by atoms with van der Waals surface area (Å²) in [6.07, 6.45) is 7.37. The first-order valence-corrected chi connectivity index (χ1v) is 5.58. The molecule has 3 unspecified atom stereocenters. The lowest BCUT2D eigenvalue weighted by Gasteiger charge is -2.16. The van der Waals surface area contributed by atoms with Crippen molar-refractivity contribution in [3.63, 3.8) is 0 Å². The summed E-state index contributed by atoms with van der Waals surface area (Å²) in [5.41, 5.74) is 0. The van der Waals surface area contributed by atoms with Crippen molar-refractivity contribution >= 4 is 11.8 Å². The molecule has 0 aromatic heterocycles. The van der Waals surface area contributed by atoms with Gasteiger partial charge in [0.05, 0.1) is 0 Å². The van der Waals surface area contributed by atoms with Gasteiger partial charge < -0.3 is 5.32 Å². The topological polar surface area (TPSA) is 12.0 Å². The average molecular weight is 183 g/mol. The normalized spacial score (nSPS) is 31.4. The maximum Gasteiger partial charge on any atom is 0.0238 e. The van der Waals surface area contributed by atoms with E-state index in [9.17, 15) is 0 Å². The highest BCUT2D eigenvalue weighted by Crippen LogP contribution is 2.26. The number of nitrogens with one attached hydrogen (secondary N) is 1. The summed E-state index contributed by atoms with van der Waals surface area (Å²) in [7, 11) is 0. The van der Waals surface area contributed by atoms with E-state index in [0.717, 1.165) is 11.7 Å². The van der Waals surface area contributed by atoms with Crippen molar-refractivity contribution in [2.45, 2.75) is 44.0 Å². The van der Waals surface area contributed by atoms with Crippen molar-refractivity contribution in [2.75, 3.05) is 5.75 Å². The first kappa shape index (κ1) is 9.95. The van der Waals surface area contributed by atoms with Crippen molar-refractivity contribution in [2.24, 2.45) is 0 Å². The molecule has 0 radical (unpaired) electrons. The number of rotatable bonds is 3. The van der Waals surface area contributed by atoms with Gasteiger partial charge in [0.15, 0.2) is 0 Å². The molecule has 0 aromatic carbocycles. The van der Waals surface area contributed by atoms with Crippen LogP contribution in [-0.4, -0.2) is 23.1 Å². The second-order valence-corrected chi connectivity index (χ2v) is 5.02. The molecule has 0 spiro atoms. The highest BCUT2D eigenvalue weighted by atomic mass is 32.2. The fourth-order valence-corrected chi connectivity index (χ4v) is 2.73. The molecule has 1 aliphatic heterocycles. The van der Waals surface area contributed by atoms with Crippen molar-refractivity contribution in [1.29, 1.82) is 0 Å². The fourth-order valence-electron chi connectivity index (χ4n) is 1.57. The summed E-state index contributed by atoms with van der Waals surface area (Å²) in [5, 5.41) is 4.37. The smallest absolute Gasteiger partial charge is 0.0238 e. The van der Waals surface area contributed by atoms with E-state index >= 15 is 0 Å². The first-order chi connectivity index (χ1) is 5.72. The molecule has 1 aliphatic rings. The van der Waals surface area contributed by atoms with E-state index in [4.69, 9.17) is 6.42 Å². The molecule has 68 valence electrons. The summed E-state index contributed by atoms with van der Waals surface area (Å²) < 4.78 is 0.